The Morgan fingerprint density at radius 1 is 1.12 bits per heavy atom. The van der Waals surface area contributed by atoms with Crippen LogP contribution < -0.4 is 10.2 Å². The van der Waals surface area contributed by atoms with Crippen LogP contribution in [0.5, 0.6) is 0 Å². The number of nitrogens with one attached hydrogen (secondary N) is 1. The van der Waals surface area contributed by atoms with Crippen molar-refractivity contribution in [2.75, 3.05) is 32.6 Å². The molecule has 130 valence electrons. The average molecular weight is 367 g/mol. The molecule has 0 aliphatic rings. The van der Waals surface area contributed by atoms with E-state index in [0.29, 0.717) is 6.54 Å². The first-order chi connectivity index (χ1) is 11.3. The summed E-state index contributed by atoms with van der Waals surface area (Å²) in [6.07, 6.45) is 0. The van der Waals surface area contributed by atoms with Gasteiger partial charge in [0, 0.05) is 33.4 Å². The minimum absolute atomic E-state index is 0.212. The van der Waals surface area contributed by atoms with Crippen LogP contribution in [0.3, 0.4) is 0 Å². The molecule has 2 aromatic rings. The van der Waals surface area contributed by atoms with Crippen LogP contribution in [-0.4, -0.2) is 46.3 Å². The summed E-state index contributed by atoms with van der Waals surface area (Å²) in [4.78, 5) is 14.0. The highest BCUT2D eigenvalue weighted by molar-refractivity contribution is 7.91. The van der Waals surface area contributed by atoms with Crippen molar-refractivity contribution in [3.05, 3.63) is 47.3 Å². The Morgan fingerprint density at radius 3 is 2.33 bits per heavy atom. The van der Waals surface area contributed by atoms with Gasteiger partial charge in [-0.05, 0) is 29.1 Å². The van der Waals surface area contributed by atoms with Crippen molar-refractivity contribution in [3.8, 4) is 0 Å². The molecule has 8 heteroatoms. The van der Waals surface area contributed by atoms with Gasteiger partial charge in [0.05, 0.1) is 6.54 Å². The summed E-state index contributed by atoms with van der Waals surface area (Å²) < 4.78 is 25.8. The van der Waals surface area contributed by atoms with Crippen LogP contribution in [-0.2, 0) is 21.4 Å². The van der Waals surface area contributed by atoms with Crippen LogP contribution in [0.2, 0.25) is 0 Å². The van der Waals surface area contributed by atoms with Crippen LogP contribution in [0.25, 0.3) is 0 Å². The third kappa shape index (κ3) is 4.56. The van der Waals surface area contributed by atoms with Gasteiger partial charge in [-0.15, -0.1) is 11.3 Å². The van der Waals surface area contributed by atoms with Crippen molar-refractivity contribution in [2.45, 2.75) is 10.8 Å². The van der Waals surface area contributed by atoms with E-state index in [1.54, 1.807) is 11.4 Å². The van der Waals surface area contributed by atoms with Crippen molar-refractivity contribution in [1.29, 1.82) is 0 Å². The molecule has 0 radical (unpaired) electrons. The van der Waals surface area contributed by atoms with Crippen molar-refractivity contribution < 1.29 is 13.2 Å². The molecule has 0 saturated heterocycles. The molecule has 2 rings (SSSR count). The standard InChI is InChI=1S/C16H21N3O3S2/c1-18(2)14-8-6-13(7-9-14)11-17-15(20)12-19(3)24(21,22)16-5-4-10-23-16/h4-10H,11-12H2,1-3H3,(H,17,20). The van der Waals surface area contributed by atoms with Gasteiger partial charge in [-0.25, -0.2) is 8.42 Å². The predicted octanol–water partition coefficient (Wildman–Crippen LogP) is 1.75. The van der Waals surface area contributed by atoms with E-state index in [0.717, 1.165) is 26.9 Å². The number of sulfonamides is 1. The molecule has 0 aliphatic heterocycles. The molecule has 1 N–H and O–H groups in total. The van der Waals surface area contributed by atoms with E-state index >= 15 is 0 Å². The molecular weight excluding hydrogens is 346 g/mol. The molecule has 0 spiro atoms. The topological polar surface area (TPSA) is 69.7 Å². The molecular formula is C16H21N3O3S2. The Balaban J connectivity index is 1.89. The maximum atomic E-state index is 12.3. The zero-order valence-corrected chi connectivity index (χ0v) is 15.5. The maximum Gasteiger partial charge on any atom is 0.252 e. The number of amides is 1. The molecule has 0 unspecified atom stereocenters. The lowest BCUT2D eigenvalue weighted by molar-refractivity contribution is -0.121. The van der Waals surface area contributed by atoms with Gasteiger partial charge in [0.2, 0.25) is 5.91 Å². The number of nitrogens with zero attached hydrogens (tertiary/aromatic N) is 2. The second-order valence-electron chi connectivity index (χ2n) is 5.53. The summed E-state index contributed by atoms with van der Waals surface area (Å²) >= 11 is 1.13. The van der Waals surface area contributed by atoms with Crippen molar-refractivity contribution in [3.63, 3.8) is 0 Å². The van der Waals surface area contributed by atoms with E-state index in [1.165, 1.54) is 13.1 Å². The minimum atomic E-state index is -3.60. The number of benzene rings is 1. The quantitative estimate of drug-likeness (QED) is 0.809. The van der Waals surface area contributed by atoms with Gasteiger partial charge >= 0.3 is 0 Å². The van der Waals surface area contributed by atoms with Gasteiger partial charge in [0.15, 0.2) is 0 Å². The SMILES string of the molecule is CN(C)c1ccc(CNC(=O)CN(C)S(=O)(=O)c2cccs2)cc1. The number of carbonyl (C=O) groups is 1. The zero-order chi connectivity index (χ0) is 17.7. The van der Waals surface area contributed by atoms with E-state index in [-0.39, 0.29) is 16.7 Å². The second kappa shape index (κ2) is 7.78. The fraction of sp³-hybridized carbons (Fsp3) is 0.312. The first kappa shape index (κ1) is 18.4. The molecule has 0 aliphatic carbocycles. The molecule has 0 atom stereocenters. The second-order valence-corrected chi connectivity index (χ2v) is 8.75. The Kier molecular flexibility index (Phi) is 5.98. The molecule has 0 saturated carbocycles. The number of rotatable bonds is 7. The summed E-state index contributed by atoms with van der Waals surface area (Å²) in [7, 11) is 1.72. The summed E-state index contributed by atoms with van der Waals surface area (Å²) in [5, 5.41) is 4.43. The van der Waals surface area contributed by atoms with Crippen LogP contribution in [0, 0.1) is 0 Å². The molecule has 0 fully saturated rings. The van der Waals surface area contributed by atoms with Gasteiger partial charge in [-0.1, -0.05) is 18.2 Å². The van der Waals surface area contributed by atoms with Gasteiger partial charge in [-0.2, -0.15) is 4.31 Å². The molecule has 1 aromatic heterocycles. The number of anilines is 1. The maximum absolute atomic E-state index is 12.3. The molecule has 1 aromatic carbocycles. The third-order valence-corrected chi connectivity index (χ3v) is 6.64. The van der Waals surface area contributed by atoms with Crippen LogP contribution in [0.1, 0.15) is 5.56 Å². The first-order valence-corrected chi connectivity index (χ1v) is 9.65. The Morgan fingerprint density at radius 2 is 1.79 bits per heavy atom. The Bertz CT molecular complexity index is 769. The molecule has 24 heavy (non-hydrogen) atoms. The lowest BCUT2D eigenvalue weighted by Gasteiger charge is -2.16. The van der Waals surface area contributed by atoms with E-state index in [9.17, 15) is 13.2 Å². The summed E-state index contributed by atoms with van der Waals surface area (Å²) in [6, 6.07) is 11.0. The first-order valence-electron chi connectivity index (χ1n) is 7.33. The van der Waals surface area contributed by atoms with E-state index in [1.807, 2.05) is 43.3 Å². The molecule has 1 amide bonds. The van der Waals surface area contributed by atoms with Gasteiger partial charge < -0.3 is 10.2 Å². The minimum Gasteiger partial charge on any atom is -0.378 e. The number of carbonyl (C=O) groups excluding carboxylic acids is 1. The number of hydrogen-bond acceptors (Lipinski definition) is 5. The van der Waals surface area contributed by atoms with E-state index < -0.39 is 10.0 Å². The van der Waals surface area contributed by atoms with Crippen molar-refractivity contribution in [2.24, 2.45) is 0 Å². The van der Waals surface area contributed by atoms with Crippen LogP contribution >= 0.6 is 11.3 Å². The number of thiophene rings is 1. The third-order valence-electron chi connectivity index (χ3n) is 3.47. The van der Waals surface area contributed by atoms with Crippen molar-refractivity contribution >= 4 is 33.0 Å². The molecule has 1 heterocycles. The fourth-order valence-corrected chi connectivity index (χ4v) is 4.35. The highest BCUT2D eigenvalue weighted by Gasteiger charge is 2.23. The summed E-state index contributed by atoms with van der Waals surface area (Å²) in [6.45, 7) is 0.148. The predicted molar refractivity (Wildman–Crippen MR) is 96.8 cm³/mol. The summed E-state index contributed by atoms with van der Waals surface area (Å²) in [5.74, 6) is -0.339. The normalized spacial score (nSPS) is 11.5. The highest BCUT2D eigenvalue weighted by atomic mass is 32.2. The Hall–Kier alpha value is -1.90. The summed E-state index contributed by atoms with van der Waals surface area (Å²) in [5.41, 5.74) is 2.03. The monoisotopic (exact) mass is 367 g/mol. The Labute approximate surface area is 146 Å². The van der Waals surface area contributed by atoms with Crippen molar-refractivity contribution in [1.82, 2.24) is 9.62 Å². The fourth-order valence-electron chi connectivity index (χ4n) is 2.02. The lowest BCUT2D eigenvalue weighted by atomic mass is 10.2. The van der Waals surface area contributed by atoms with Gasteiger partial charge in [-0.3, -0.25) is 4.79 Å². The van der Waals surface area contributed by atoms with E-state index in [2.05, 4.69) is 5.32 Å². The largest absolute Gasteiger partial charge is 0.378 e. The van der Waals surface area contributed by atoms with Gasteiger partial charge in [0.25, 0.3) is 10.0 Å². The molecule has 6 nitrogen and oxygen atoms in total. The van der Waals surface area contributed by atoms with E-state index in [4.69, 9.17) is 0 Å². The number of hydrogen-bond donors (Lipinski definition) is 1. The zero-order valence-electron chi connectivity index (χ0n) is 13.9. The lowest BCUT2D eigenvalue weighted by Crippen LogP contribution is -2.37. The smallest absolute Gasteiger partial charge is 0.252 e. The highest BCUT2D eigenvalue weighted by Crippen LogP contribution is 2.19. The molecule has 0 bridgehead atoms. The van der Waals surface area contributed by atoms with Crippen LogP contribution in [0.15, 0.2) is 46.0 Å². The van der Waals surface area contributed by atoms with Crippen LogP contribution in [0.4, 0.5) is 5.69 Å². The number of likely N-dealkylation sites (N-methyl/N-ethyl adjacent to an activating group) is 1. The average Bonchev–Trinajstić information content (AvgIpc) is 3.08. The van der Waals surface area contributed by atoms with Gasteiger partial charge in [0.1, 0.15) is 4.21 Å².